The van der Waals surface area contributed by atoms with Crippen molar-refractivity contribution in [1.82, 2.24) is 0 Å². The van der Waals surface area contributed by atoms with Crippen LogP contribution >= 0.6 is 0 Å². The van der Waals surface area contributed by atoms with Crippen molar-refractivity contribution in [2.75, 3.05) is 24.2 Å². The molecule has 0 bridgehead atoms. The van der Waals surface area contributed by atoms with Crippen molar-refractivity contribution in [3.05, 3.63) is 24.3 Å². The first-order valence-corrected chi connectivity index (χ1v) is 9.31. The lowest BCUT2D eigenvalue weighted by molar-refractivity contribution is 0.337. The molecule has 1 aliphatic rings. The molecular weight excluding hydrogens is 270 g/mol. The lowest BCUT2D eigenvalue weighted by atomic mass is 9.88. The van der Waals surface area contributed by atoms with Crippen LogP contribution in [0, 0.1) is 11.8 Å². The third-order valence-corrected chi connectivity index (χ3v) is 5.17. The molecule has 0 aromatic heterocycles. The second kappa shape index (κ2) is 6.17. The van der Waals surface area contributed by atoms with Gasteiger partial charge in [-0.2, -0.15) is 0 Å². The van der Waals surface area contributed by atoms with E-state index in [0.717, 1.165) is 43.5 Å². The fourth-order valence-corrected chi connectivity index (χ4v) is 4.01. The zero-order valence-corrected chi connectivity index (χ0v) is 13.5. The lowest BCUT2D eigenvalue weighted by Crippen LogP contribution is -2.34. The van der Waals surface area contributed by atoms with Crippen molar-refractivity contribution >= 4 is 15.5 Å². The Morgan fingerprint density at radius 1 is 1.20 bits per heavy atom. The summed E-state index contributed by atoms with van der Waals surface area (Å²) in [4.78, 5) is 2.69. The number of para-hydroxylation sites is 1. The number of nitrogens with zero attached hydrogens (tertiary/aromatic N) is 1. The molecule has 0 saturated carbocycles. The van der Waals surface area contributed by atoms with Crippen LogP contribution in [-0.4, -0.2) is 27.8 Å². The van der Waals surface area contributed by atoms with E-state index in [2.05, 4.69) is 18.7 Å². The summed E-state index contributed by atoms with van der Waals surface area (Å²) in [6, 6.07) is 7.36. The van der Waals surface area contributed by atoms with E-state index in [1.165, 1.54) is 12.7 Å². The molecule has 0 spiro atoms. The van der Waals surface area contributed by atoms with Gasteiger partial charge < -0.3 is 4.90 Å². The fraction of sp³-hybridized carbons (Fsp3) is 0.625. The predicted octanol–water partition coefficient (Wildman–Crippen LogP) is 3.35. The molecule has 0 radical (unpaired) electrons. The molecule has 0 aliphatic carbocycles. The van der Waals surface area contributed by atoms with Crippen LogP contribution < -0.4 is 4.90 Å². The highest BCUT2D eigenvalue weighted by Gasteiger charge is 2.23. The lowest BCUT2D eigenvalue weighted by Gasteiger charge is -2.35. The average molecular weight is 295 g/mol. The van der Waals surface area contributed by atoms with Gasteiger partial charge in [-0.3, -0.25) is 0 Å². The van der Waals surface area contributed by atoms with Gasteiger partial charge in [-0.15, -0.1) is 0 Å². The van der Waals surface area contributed by atoms with E-state index in [9.17, 15) is 8.42 Å². The normalized spacial score (nSPS) is 17.7. The van der Waals surface area contributed by atoms with Gasteiger partial charge in [-0.05, 0) is 43.2 Å². The maximum absolute atomic E-state index is 11.9. The van der Waals surface area contributed by atoms with Gasteiger partial charge in [0.25, 0.3) is 0 Å². The van der Waals surface area contributed by atoms with E-state index in [4.69, 9.17) is 0 Å². The molecule has 0 atom stereocenters. The van der Waals surface area contributed by atoms with Crippen LogP contribution in [0.3, 0.4) is 0 Å². The molecule has 0 unspecified atom stereocenters. The SMILES string of the molecule is CC(C)CC1CCN(c2ccccc2S(C)(=O)=O)CC1. The summed E-state index contributed by atoms with van der Waals surface area (Å²) in [6.07, 6.45) is 4.89. The van der Waals surface area contributed by atoms with E-state index in [0.29, 0.717) is 4.90 Å². The summed E-state index contributed by atoms with van der Waals surface area (Å²) in [5.41, 5.74) is 0.873. The highest BCUT2D eigenvalue weighted by molar-refractivity contribution is 7.90. The number of anilines is 1. The number of piperidine rings is 1. The minimum absolute atomic E-state index is 0.460. The average Bonchev–Trinajstić information content (AvgIpc) is 2.38. The Hall–Kier alpha value is -1.03. The first kappa shape index (κ1) is 15.4. The smallest absolute Gasteiger partial charge is 0.177 e. The molecule has 4 heteroatoms. The predicted molar refractivity (Wildman–Crippen MR) is 83.9 cm³/mol. The van der Waals surface area contributed by atoms with Crippen molar-refractivity contribution in [2.45, 2.75) is 38.0 Å². The first-order valence-electron chi connectivity index (χ1n) is 7.42. The Labute approximate surface area is 122 Å². The quantitative estimate of drug-likeness (QED) is 0.855. The Morgan fingerprint density at radius 3 is 2.35 bits per heavy atom. The van der Waals surface area contributed by atoms with E-state index in [1.54, 1.807) is 12.1 Å². The number of hydrogen-bond donors (Lipinski definition) is 0. The maximum atomic E-state index is 11.9. The van der Waals surface area contributed by atoms with E-state index >= 15 is 0 Å². The molecule has 2 rings (SSSR count). The first-order chi connectivity index (χ1) is 9.38. The van der Waals surface area contributed by atoms with E-state index in [1.807, 2.05) is 12.1 Å². The van der Waals surface area contributed by atoms with Gasteiger partial charge >= 0.3 is 0 Å². The second-order valence-corrected chi connectivity index (χ2v) is 8.28. The van der Waals surface area contributed by atoms with Crippen molar-refractivity contribution < 1.29 is 8.42 Å². The third kappa shape index (κ3) is 3.75. The summed E-state index contributed by atoms with van der Waals surface area (Å²) in [7, 11) is -3.16. The van der Waals surface area contributed by atoms with Crippen molar-refractivity contribution in [3.8, 4) is 0 Å². The molecule has 1 aliphatic heterocycles. The molecule has 1 heterocycles. The second-order valence-electron chi connectivity index (χ2n) is 6.30. The van der Waals surface area contributed by atoms with Crippen molar-refractivity contribution in [1.29, 1.82) is 0 Å². The van der Waals surface area contributed by atoms with Crippen LogP contribution in [-0.2, 0) is 9.84 Å². The van der Waals surface area contributed by atoms with Crippen LogP contribution in [0.1, 0.15) is 33.1 Å². The van der Waals surface area contributed by atoms with E-state index in [-0.39, 0.29) is 0 Å². The molecule has 112 valence electrons. The van der Waals surface area contributed by atoms with Crippen LogP contribution in [0.2, 0.25) is 0 Å². The van der Waals surface area contributed by atoms with Crippen molar-refractivity contribution in [2.24, 2.45) is 11.8 Å². The Morgan fingerprint density at radius 2 is 1.80 bits per heavy atom. The molecule has 1 saturated heterocycles. The zero-order chi connectivity index (χ0) is 14.8. The van der Waals surface area contributed by atoms with E-state index < -0.39 is 9.84 Å². The minimum atomic E-state index is -3.16. The summed E-state index contributed by atoms with van der Waals surface area (Å²) in [5, 5.41) is 0. The summed E-state index contributed by atoms with van der Waals surface area (Å²) in [6.45, 7) is 6.46. The Balaban J connectivity index is 2.12. The Bertz CT molecular complexity index is 543. The van der Waals surface area contributed by atoms with Crippen LogP contribution in [0.15, 0.2) is 29.2 Å². The highest BCUT2D eigenvalue weighted by Crippen LogP contribution is 2.31. The molecule has 1 aromatic carbocycles. The van der Waals surface area contributed by atoms with Crippen LogP contribution in [0.4, 0.5) is 5.69 Å². The number of hydrogen-bond acceptors (Lipinski definition) is 3. The summed E-state index contributed by atoms with van der Waals surface area (Å²) < 4.78 is 23.8. The summed E-state index contributed by atoms with van der Waals surface area (Å²) >= 11 is 0. The fourth-order valence-electron chi connectivity index (χ4n) is 3.11. The zero-order valence-electron chi connectivity index (χ0n) is 12.7. The highest BCUT2D eigenvalue weighted by atomic mass is 32.2. The minimum Gasteiger partial charge on any atom is -0.370 e. The molecule has 3 nitrogen and oxygen atoms in total. The monoisotopic (exact) mass is 295 g/mol. The van der Waals surface area contributed by atoms with Gasteiger partial charge in [0.05, 0.1) is 10.6 Å². The molecular formula is C16H25NO2S. The molecule has 0 N–H and O–H groups in total. The van der Waals surface area contributed by atoms with Crippen molar-refractivity contribution in [3.63, 3.8) is 0 Å². The van der Waals surface area contributed by atoms with Gasteiger partial charge in [0.2, 0.25) is 0 Å². The largest absolute Gasteiger partial charge is 0.370 e. The number of rotatable bonds is 4. The van der Waals surface area contributed by atoms with Gasteiger partial charge in [-0.1, -0.05) is 26.0 Å². The molecule has 1 fully saturated rings. The van der Waals surface area contributed by atoms with Crippen LogP contribution in [0.5, 0.6) is 0 Å². The molecule has 0 amide bonds. The van der Waals surface area contributed by atoms with Gasteiger partial charge in [0.15, 0.2) is 9.84 Å². The Kier molecular flexibility index (Phi) is 4.74. The standard InChI is InChI=1S/C16H25NO2S/c1-13(2)12-14-8-10-17(11-9-14)15-6-4-5-7-16(15)20(3,18)19/h4-7,13-14H,8-12H2,1-3H3. The number of sulfone groups is 1. The van der Waals surface area contributed by atoms with Gasteiger partial charge in [0.1, 0.15) is 0 Å². The molecule has 1 aromatic rings. The number of benzene rings is 1. The van der Waals surface area contributed by atoms with Crippen LogP contribution in [0.25, 0.3) is 0 Å². The maximum Gasteiger partial charge on any atom is 0.177 e. The molecule has 20 heavy (non-hydrogen) atoms. The topological polar surface area (TPSA) is 37.4 Å². The van der Waals surface area contributed by atoms with Gasteiger partial charge in [0, 0.05) is 19.3 Å². The van der Waals surface area contributed by atoms with Gasteiger partial charge in [-0.25, -0.2) is 8.42 Å². The third-order valence-electron chi connectivity index (χ3n) is 4.02. The summed E-state index contributed by atoms with van der Waals surface area (Å²) in [5.74, 6) is 1.53.